The van der Waals surface area contributed by atoms with Crippen LogP contribution in [0.2, 0.25) is 24.2 Å². The Kier molecular flexibility index (Phi) is 13.3. The molecule has 0 unspecified atom stereocenters. The summed E-state index contributed by atoms with van der Waals surface area (Å²) in [7, 11) is 2.10. The first kappa shape index (κ1) is 26.2. The molecule has 0 saturated carbocycles. The summed E-state index contributed by atoms with van der Waals surface area (Å²) in [6.45, 7) is 14.6. The van der Waals surface area contributed by atoms with Crippen LogP contribution in [0.3, 0.4) is 0 Å². The number of hydrogen-bond donors (Lipinski definition) is 1. The van der Waals surface area contributed by atoms with Gasteiger partial charge in [0, 0.05) is 59.6 Å². The number of unbranched alkanes of at least 4 members (excludes halogenated alkanes) is 1. The minimum atomic E-state index is -2.51. The van der Waals surface area contributed by atoms with E-state index in [9.17, 15) is 0 Å². The topological polar surface area (TPSA) is 46.2 Å². The lowest BCUT2D eigenvalue weighted by molar-refractivity contribution is 0.0913. The van der Waals surface area contributed by atoms with Crippen molar-refractivity contribution in [3.05, 3.63) is 0 Å². The van der Waals surface area contributed by atoms with Crippen LogP contribution in [0.25, 0.3) is 0 Å². The number of nitrogens with one attached hydrogen (secondary N) is 1. The van der Waals surface area contributed by atoms with Gasteiger partial charge in [-0.1, -0.05) is 20.8 Å². The predicted octanol–water partition coefficient (Wildman–Crippen LogP) is 3.25. The SMILES string of the molecule is CC[Si](CC)(CC)N(C)CCCC[Si](OC)(OC)OCCCN1CCNCC1. The van der Waals surface area contributed by atoms with Crippen LogP contribution >= 0.6 is 0 Å². The molecular formula is C20H47N3O3Si2. The molecule has 1 fully saturated rings. The minimum absolute atomic E-state index is 0.731. The summed E-state index contributed by atoms with van der Waals surface area (Å²) < 4.78 is 20.5. The molecule has 28 heavy (non-hydrogen) atoms. The van der Waals surface area contributed by atoms with E-state index in [-0.39, 0.29) is 0 Å². The largest absolute Gasteiger partial charge is 0.500 e. The van der Waals surface area contributed by atoms with Gasteiger partial charge in [-0.05, 0) is 51.0 Å². The van der Waals surface area contributed by atoms with Gasteiger partial charge in [-0.15, -0.1) is 0 Å². The summed E-state index contributed by atoms with van der Waals surface area (Å²) in [6.07, 6.45) is 3.34. The molecule has 0 aromatic carbocycles. The van der Waals surface area contributed by atoms with Gasteiger partial charge >= 0.3 is 8.80 Å². The highest BCUT2D eigenvalue weighted by molar-refractivity contribution is 6.76. The molecule has 0 atom stereocenters. The molecule has 0 aromatic rings. The van der Waals surface area contributed by atoms with Gasteiger partial charge in [0.25, 0.3) is 0 Å². The second-order valence-electron chi connectivity index (χ2n) is 8.05. The first-order valence-corrected chi connectivity index (χ1v) is 15.9. The Hall–Kier alpha value is 0.194. The maximum Gasteiger partial charge on any atom is 0.500 e. The molecular weight excluding hydrogens is 386 g/mol. The van der Waals surface area contributed by atoms with Crippen LogP contribution in [0.5, 0.6) is 0 Å². The van der Waals surface area contributed by atoms with E-state index < -0.39 is 17.0 Å². The van der Waals surface area contributed by atoms with E-state index in [1.807, 2.05) is 0 Å². The zero-order valence-electron chi connectivity index (χ0n) is 19.5. The van der Waals surface area contributed by atoms with Crippen molar-refractivity contribution in [2.75, 3.05) is 67.1 Å². The Morgan fingerprint density at radius 3 is 2.07 bits per heavy atom. The third-order valence-electron chi connectivity index (χ3n) is 6.78. The molecule has 168 valence electrons. The molecule has 8 heteroatoms. The van der Waals surface area contributed by atoms with Crippen molar-refractivity contribution in [3.63, 3.8) is 0 Å². The molecule has 0 spiro atoms. The Bertz CT molecular complexity index is 383. The molecule has 1 N–H and O–H groups in total. The number of hydrogen-bond acceptors (Lipinski definition) is 6. The van der Waals surface area contributed by atoms with Gasteiger partial charge in [-0.25, -0.2) is 0 Å². The Morgan fingerprint density at radius 1 is 0.929 bits per heavy atom. The van der Waals surface area contributed by atoms with Gasteiger partial charge in [0.15, 0.2) is 0 Å². The van der Waals surface area contributed by atoms with Crippen molar-refractivity contribution in [2.45, 2.75) is 64.2 Å². The maximum absolute atomic E-state index is 6.20. The molecule has 0 amide bonds. The van der Waals surface area contributed by atoms with Gasteiger partial charge in [0.2, 0.25) is 0 Å². The van der Waals surface area contributed by atoms with E-state index in [1.165, 1.54) is 31.1 Å². The lowest BCUT2D eigenvalue weighted by atomic mass is 10.3. The van der Waals surface area contributed by atoms with E-state index in [4.69, 9.17) is 13.3 Å². The molecule has 6 nitrogen and oxygen atoms in total. The predicted molar refractivity (Wildman–Crippen MR) is 124 cm³/mol. The fourth-order valence-electron chi connectivity index (χ4n) is 4.42. The standard InChI is InChI=1S/C20H47N3O3Si2/c1-7-27(8-2,9-3)22(4)15-10-11-20-28(24-5,25-6)26-19-12-16-23-17-13-21-14-18-23/h21H,7-20H2,1-6H3. The van der Waals surface area contributed by atoms with Crippen LogP contribution in [-0.4, -0.2) is 93.6 Å². The number of nitrogens with zero attached hydrogens (tertiary/aromatic N) is 2. The smallest absolute Gasteiger partial charge is 0.377 e. The van der Waals surface area contributed by atoms with Gasteiger partial charge in [0.05, 0.1) is 0 Å². The van der Waals surface area contributed by atoms with Crippen LogP contribution < -0.4 is 5.32 Å². The fourth-order valence-corrected chi connectivity index (χ4v) is 10.3. The van der Waals surface area contributed by atoms with Crippen molar-refractivity contribution in [1.29, 1.82) is 0 Å². The van der Waals surface area contributed by atoms with E-state index in [0.29, 0.717) is 0 Å². The first-order valence-electron chi connectivity index (χ1n) is 11.4. The van der Waals surface area contributed by atoms with Crippen molar-refractivity contribution in [2.24, 2.45) is 0 Å². The van der Waals surface area contributed by atoms with Crippen molar-refractivity contribution in [3.8, 4) is 0 Å². The van der Waals surface area contributed by atoms with E-state index in [2.05, 4.69) is 42.6 Å². The quantitative estimate of drug-likeness (QED) is 0.298. The van der Waals surface area contributed by atoms with Crippen molar-refractivity contribution in [1.82, 2.24) is 14.8 Å². The summed E-state index contributed by atoms with van der Waals surface area (Å²) >= 11 is 0. The molecule has 0 bridgehead atoms. The average molecular weight is 434 g/mol. The van der Waals surface area contributed by atoms with Crippen LogP contribution in [0, 0.1) is 0 Å². The van der Waals surface area contributed by atoms with Gasteiger partial charge in [0.1, 0.15) is 8.24 Å². The van der Waals surface area contributed by atoms with E-state index >= 15 is 0 Å². The van der Waals surface area contributed by atoms with E-state index in [1.54, 1.807) is 14.2 Å². The average Bonchev–Trinajstić information content (AvgIpc) is 2.75. The van der Waals surface area contributed by atoms with Gasteiger partial charge in [-0.2, -0.15) is 0 Å². The second kappa shape index (κ2) is 14.2. The van der Waals surface area contributed by atoms with Crippen LogP contribution in [0.4, 0.5) is 0 Å². The molecule has 0 aromatic heterocycles. The van der Waals surface area contributed by atoms with Crippen LogP contribution in [0.1, 0.15) is 40.0 Å². The van der Waals surface area contributed by atoms with E-state index in [0.717, 1.165) is 58.2 Å². The minimum Gasteiger partial charge on any atom is -0.377 e. The maximum atomic E-state index is 6.20. The molecule has 1 heterocycles. The van der Waals surface area contributed by atoms with Crippen LogP contribution in [-0.2, 0) is 13.3 Å². The first-order chi connectivity index (χ1) is 13.5. The second-order valence-corrected chi connectivity index (χ2v) is 16.4. The van der Waals surface area contributed by atoms with Gasteiger partial charge < -0.3 is 28.1 Å². The monoisotopic (exact) mass is 433 g/mol. The number of piperazine rings is 1. The lowest BCUT2D eigenvalue weighted by Crippen LogP contribution is -2.50. The number of rotatable bonds is 16. The highest BCUT2D eigenvalue weighted by Gasteiger charge is 2.38. The summed E-state index contributed by atoms with van der Waals surface area (Å²) in [5, 5.41) is 3.40. The zero-order chi connectivity index (χ0) is 20.9. The normalized spacial score (nSPS) is 16.8. The third kappa shape index (κ3) is 8.14. The lowest BCUT2D eigenvalue weighted by Gasteiger charge is -2.38. The van der Waals surface area contributed by atoms with Crippen molar-refractivity contribution >= 4 is 17.0 Å². The molecule has 1 aliphatic heterocycles. The molecule has 1 saturated heterocycles. The third-order valence-corrected chi connectivity index (χ3v) is 15.4. The molecule has 0 radical (unpaired) electrons. The molecule has 1 aliphatic rings. The highest BCUT2D eigenvalue weighted by atomic mass is 28.4. The Morgan fingerprint density at radius 2 is 1.54 bits per heavy atom. The van der Waals surface area contributed by atoms with Gasteiger partial charge in [-0.3, -0.25) is 0 Å². The Balaban J connectivity index is 2.33. The summed E-state index contributed by atoms with van der Waals surface area (Å²) in [6, 6.07) is 4.96. The van der Waals surface area contributed by atoms with Crippen molar-refractivity contribution < 1.29 is 13.3 Å². The zero-order valence-corrected chi connectivity index (χ0v) is 21.5. The molecule has 0 aliphatic carbocycles. The summed E-state index contributed by atoms with van der Waals surface area (Å²) in [4.78, 5) is 2.50. The fraction of sp³-hybridized carbons (Fsp3) is 1.00. The van der Waals surface area contributed by atoms with Crippen LogP contribution in [0.15, 0.2) is 0 Å². The highest BCUT2D eigenvalue weighted by Crippen LogP contribution is 2.25. The summed E-state index contributed by atoms with van der Waals surface area (Å²) in [5.41, 5.74) is 0. The molecule has 1 rings (SSSR count). The summed E-state index contributed by atoms with van der Waals surface area (Å²) in [5.74, 6) is 0. The Labute approximate surface area is 176 Å².